The van der Waals surface area contributed by atoms with E-state index in [4.69, 9.17) is 0 Å². The number of nitrogens with zero attached hydrogens (tertiary/aromatic N) is 5. The lowest BCUT2D eigenvalue weighted by Crippen LogP contribution is -2.47. The second kappa shape index (κ2) is 7.98. The summed E-state index contributed by atoms with van der Waals surface area (Å²) >= 11 is 0. The third-order valence-electron chi connectivity index (χ3n) is 5.49. The minimum absolute atomic E-state index is 0.559. The molecule has 0 amide bonds. The van der Waals surface area contributed by atoms with Crippen LogP contribution in [0.5, 0.6) is 0 Å². The van der Waals surface area contributed by atoms with Gasteiger partial charge in [0.05, 0.1) is 18.3 Å². The van der Waals surface area contributed by atoms with Crippen LogP contribution in [0, 0.1) is 5.21 Å². The van der Waals surface area contributed by atoms with Crippen LogP contribution in [0.1, 0.15) is 12.0 Å². The molecule has 0 aromatic heterocycles. The topological polar surface area (TPSA) is 39.0 Å². The lowest BCUT2D eigenvalue weighted by molar-refractivity contribution is -0.626. The third kappa shape index (κ3) is 4.34. The Morgan fingerprint density at radius 3 is 2.55 bits per heavy atom. The van der Waals surface area contributed by atoms with Gasteiger partial charge >= 0.3 is 12.0 Å². The summed E-state index contributed by atoms with van der Waals surface area (Å²) < 4.78 is 38.8. The first-order valence-corrected chi connectivity index (χ1v) is 9.77. The van der Waals surface area contributed by atoms with Crippen molar-refractivity contribution in [3.63, 3.8) is 0 Å². The van der Waals surface area contributed by atoms with Gasteiger partial charge in [0.1, 0.15) is 0 Å². The lowest BCUT2D eigenvalue weighted by atomic mass is 10.1. The molecule has 1 fully saturated rings. The zero-order chi connectivity index (χ0) is 20.4. The molecule has 0 saturated carbocycles. The maximum atomic E-state index is 12.9. The summed E-state index contributed by atoms with van der Waals surface area (Å²) in [7, 11) is 0. The van der Waals surface area contributed by atoms with Gasteiger partial charge in [-0.3, -0.25) is 4.90 Å². The van der Waals surface area contributed by atoms with Gasteiger partial charge in [0.2, 0.25) is 0 Å². The van der Waals surface area contributed by atoms with Crippen LogP contribution in [-0.4, -0.2) is 71.4 Å². The molecule has 0 bridgehead atoms. The molecule has 1 aromatic rings. The van der Waals surface area contributed by atoms with Crippen molar-refractivity contribution >= 4 is 11.5 Å². The molecule has 0 aliphatic carbocycles. The Balaban J connectivity index is 1.24. The maximum absolute atomic E-state index is 12.9. The average molecular weight is 407 g/mol. The monoisotopic (exact) mass is 407 g/mol. The number of allylic oxidation sites excluding steroid dienone is 2. The Morgan fingerprint density at radius 1 is 1.03 bits per heavy atom. The van der Waals surface area contributed by atoms with E-state index in [1.54, 1.807) is 17.2 Å². The molecule has 4 rings (SSSR count). The molecule has 3 aliphatic heterocycles. The van der Waals surface area contributed by atoms with Crippen LogP contribution >= 0.6 is 0 Å². The van der Waals surface area contributed by atoms with E-state index in [-0.39, 0.29) is 0 Å². The van der Waals surface area contributed by atoms with Gasteiger partial charge in [-0.25, -0.2) is 9.91 Å². The maximum Gasteiger partial charge on any atom is 0.416 e. The van der Waals surface area contributed by atoms with Gasteiger partial charge in [-0.1, -0.05) is 12.1 Å². The highest BCUT2D eigenvalue weighted by atomic mass is 19.4. The quantitative estimate of drug-likeness (QED) is 0.555. The van der Waals surface area contributed by atoms with Crippen molar-refractivity contribution in [2.24, 2.45) is 0 Å². The van der Waals surface area contributed by atoms with E-state index < -0.39 is 11.7 Å². The van der Waals surface area contributed by atoms with Gasteiger partial charge < -0.3 is 10.1 Å². The Labute approximate surface area is 168 Å². The molecule has 6 nitrogen and oxygen atoms in total. The second-order valence-corrected chi connectivity index (χ2v) is 7.40. The molecular formula is C20H24F3N5O. The van der Waals surface area contributed by atoms with Crippen LogP contribution in [0.25, 0.3) is 0 Å². The number of fused-ring (bicyclic) bond motifs is 1. The standard InChI is InChI=1S/C20H24F3N5O/c21-20(22,23)17-5-3-6-18(15-17)25-13-11-24(12-14-25)8-4-10-27-16-26-9-2-1-7-19(26)28(27)29/h1-3,5-7,9,15H,4,8,10-14,16H2. The smallest absolute Gasteiger partial charge is 0.416 e. The van der Waals surface area contributed by atoms with Gasteiger partial charge in [0, 0.05) is 44.5 Å². The van der Waals surface area contributed by atoms with Crippen molar-refractivity contribution < 1.29 is 18.0 Å². The summed E-state index contributed by atoms with van der Waals surface area (Å²) in [5, 5.41) is 14.1. The number of hydrogen-bond donors (Lipinski definition) is 0. The third-order valence-corrected chi connectivity index (χ3v) is 5.49. The van der Waals surface area contributed by atoms with E-state index >= 15 is 0 Å². The van der Waals surface area contributed by atoms with E-state index in [2.05, 4.69) is 4.90 Å². The summed E-state index contributed by atoms with van der Waals surface area (Å²) in [5.74, 6) is 0.641. The van der Waals surface area contributed by atoms with Crippen molar-refractivity contribution in [3.8, 4) is 0 Å². The molecular weight excluding hydrogens is 383 g/mol. The molecule has 0 atom stereocenters. The second-order valence-electron chi connectivity index (χ2n) is 7.40. The zero-order valence-corrected chi connectivity index (χ0v) is 16.1. The Morgan fingerprint density at radius 2 is 1.83 bits per heavy atom. The molecule has 3 aliphatic rings. The van der Waals surface area contributed by atoms with Crippen molar-refractivity contribution in [2.75, 3.05) is 50.8 Å². The predicted octanol–water partition coefficient (Wildman–Crippen LogP) is 2.70. The Hall–Kier alpha value is -2.68. The fourth-order valence-corrected chi connectivity index (χ4v) is 3.89. The zero-order valence-electron chi connectivity index (χ0n) is 16.1. The van der Waals surface area contributed by atoms with Crippen molar-refractivity contribution in [1.82, 2.24) is 14.8 Å². The molecule has 0 radical (unpaired) electrons. The van der Waals surface area contributed by atoms with Gasteiger partial charge in [-0.05, 0) is 30.7 Å². The van der Waals surface area contributed by atoms with Crippen LogP contribution in [0.4, 0.5) is 18.9 Å². The number of hydrogen-bond acceptors (Lipinski definition) is 5. The number of alkyl halides is 3. The normalized spacial score (nSPS) is 20.0. The number of benzene rings is 1. The first-order valence-electron chi connectivity index (χ1n) is 9.77. The summed E-state index contributed by atoms with van der Waals surface area (Å²) in [6.07, 6.45) is 4.00. The van der Waals surface area contributed by atoms with Crippen molar-refractivity contribution in [2.45, 2.75) is 12.6 Å². The van der Waals surface area contributed by atoms with Crippen LogP contribution in [0.3, 0.4) is 0 Å². The molecule has 29 heavy (non-hydrogen) atoms. The molecule has 156 valence electrons. The van der Waals surface area contributed by atoms with Gasteiger partial charge in [-0.2, -0.15) is 18.0 Å². The van der Waals surface area contributed by atoms with Crippen LogP contribution < -0.4 is 4.90 Å². The van der Waals surface area contributed by atoms with Gasteiger partial charge in [0.15, 0.2) is 6.67 Å². The Kier molecular flexibility index (Phi) is 5.40. The summed E-state index contributed by atoms with van der Waals surface area (Å²) in [6, 6.07) is 5.52. The van der Waals surface area contributed by atoms with E-state index in [0.29, 0.717) is 37.8 Å². The highest BCUT2D eigenvalue weighted by Crippen LogP contribution is 2.31. The van der Waals surface area contributed by atoms with Crippen LogP contribution in [0.2, 0.25) is 0 Å². The van der Waals surface area contributed by atoms with Crippen LogP contribution in [0.15, 0.2) is 48.7 Å². The SMILES string of the molecule is [O-][N+]1=C2C=CC=CN2CN1CCCN1CCN(c2cccc(C(F)(F)F)c2)CC1. The van der Waals surface area contributed by atoms with Crippen LogP contribution in [-0.2, 0) is 6.18 Å². The first-order chi connectivity index (χ1) is 13.9. The fourth-order valence-electron chi connectivity index (χ4n) is 3.89. The largest absolute Gasteiger partial charge is 0.692 e. The minimum Gasteiger partial charge on any atom is -0.692 e. The van der Waals surface area contributed by atoms with Crippen molar-refractivity contribution in [3.05, 3.63) is 59.5 Å². The number of amidine groups is 1. The van der Waals surface area contributed by atoms with Gasteiger partial charge in [-0.15, -0.1) is 0 Å². The number of piperazine rings is 1. The highest BCUT2D eigenvalue weighted by Gasteiger charge is 2.32. The summed E-state index contributed by atoms with van der Waals surface area (Å²) in [6.45, 7) is 5.07. The Bertz CT molecular complexity index is 828. The molecule has 1 saturated heterocycles. The van der Waals surface area contributed by atoms with E-state index in [0.717, 1.165) is 37.0 Å². The summed E-state index contributed by atoms with van der Waals surface area (Å²) in [4.78, 5) is 7.17. The summed E-state index contributed by atoms with van der Waals surface area (Å²) in [5.41, 5.74) is 0.0115. The van der Waals surface area contributed by atoms with E-state index in [9.17, 15) is 18.4 Å². The highest BCUT2D eigenvalue weighted by molar-refractivity contribution is 5.91. The predicted molar refractivity (Wildman–Crippen MR) is 105 cm³/mol. The van der Waals surface area contributed by atoms with E-state index in [1.807, 2.05) is 28.2 Å². The molecule has 0 N–H and O–H groups in total. The number of hydrazine groups is 1. The fraction of sp³-hybridized carbons (Fsp3) is 0.450. The van der Waals surface area contributed by atoms with Crippen molar-refractivity contribution in [1.29, 1.82) is 0 Å². The number of rotatable bonds is 5. The average Bonchev–Trinajstić information content (AvgIpc) is 3.04. The number of hydrazone groups is 1. The molecule has 0 spiro atoms. The molecule has 1 aromatic carbocycles. The first kappa shape index (κ1) is 19.6. The number of halogens is 3. The minimum atomic E-state index is -4.32. The van der Waals surface area contributed by atoms with Gasteiger partial charge in [0.25, 0.3) is 0 Å². The molecule has 3 heterocycles. The molecule has 9 heteroatoms. The van der Waals surface area contributed by atoms with E-state index in [1.165, 1.54) is 12.1 Å². The number of anilines is 1. The molecule has 0 unspecified atom stereocenters. The lowest BCUT2D eigenvalue weighted by Gasteiger charge is -2.36.